The summed E-state index contributed by atoms with van der Waals surface area (Å²) >= 11 is 0. The Hall–Kier alpha value is -0.160. The lowest BCUT2D eigenvalue weighted by atomic mass is 10.2. The predicted molar refractivity (Wildman–Crippen MR) is 58.5 cm³/mol. The Bertz CT molecular complexity index is 163. The zero-order valence-corrected chi connectivity index (χ0v) is 9.61. The Morgan fingerprint density at radius 3 is 2.64 bits per heavy atom. The van der Waals surface area contributed by atoms with Crippen molar-refractivity contribution < 1.29 is 5.11 Å². The maximum absolute atomic E-state index is 9.26. The van der Waals surface area contributed by atoms with Crippen LogP contribution in [0.1, 0.15) is 0 Å². The molecule has 1 heterocycles. The summed E-state index contributed by atoms with van der Waals surface area (Å²) in [4.78, 5) is 6.86. The van der Waals surface area contributed by atoms with Gasteiger partial charge in [0.2, 0.25) is 0 Å². The summed E-state index contributed by atoms with van der Waals surface area (Å²) in [5.41, 5.74) is 0. The first-order valence-electron chi connectivity index (χ1n) is 5.31. The lowest BCUT2D eigenvalue weighted by Gasteiger charge is -2.39. The number of aliphatic hydroxyl groups excluding tert-OH is 1. The molecule has 1 saturated heterocycles. The molecule has 1 fully saturated rings. The summed E-state index contributed by atoms with van der Waals surface area (Å²) in [6, 6.07) is 0.327. The number of aliphatic hydroxyl groups is 1. The number of nitrogens with zero attached hydrogens (tertiary/aromatic N) is 3. The SMILES string of the molecule is CN(C)CCN1CCN(C)CC1CO. The van der Waals surface area contributed by atoms with E-state index in [0.29, 0.717) is 6.04 Å². The Kier molecular flexibility index (Phi) is 4.81. The molecule has 1 aliphatic rings. The van der Waals surface area contributed by atoms with Crippen LogP contribution in [-0.4, -0.2) is 86.3 Å². The van der Waals surface area contributed by atoms with Crippen molar-refractivity contribution in [2.24, 2.45) is 0 Å². The van der Waals surface area contributed by atoms with Crippen LogP contribution in [0.4, 0.5) is 0 Å². The molecule has 1 unspecified atom stereocenters. The minimum absolute atomic E-state index is 0.276. The summed E-state index contributed by atoms with van der Waals surface area (Å²) < 4.78 is 0. The van der Waals surface area contributed by atoms with Gasteiger partial charge >= 0.3 is 0 Å². The van der Waals surface area contributed by atoms with Gasteiger partial charge in [0, 0.05) is 38.8 Å². The summed E-state index contributed by atoms with van der Waals surface area (Å²) in [5, 5.41) is 9.26. The first-order chi connectivity index (χ1) is 6.63. The largest absolute Gasteiger partial charge is 0.395 e. The van der Waals surface area contributed by atoms with Gasteiger partial charge in [0.25, 0.3) is 0 Å². The fourth-order valence-corrected chi connectivity index (χ4v) is 1.84. The van der Waals surface area contributed by atoms with Crippen LogP contribution in [0.3, 0.4) is 0 Å². The second-order valence-electron chi connectivity index (χ2n) is 4.44. The normalized spacial score (nSPS) is 25.9. The molecule has 0 aromatic carbocycles. The lowest BCUT2D eigenvalue weighted by Crippen LogP contribution is -2.54. The second-order valence-corrected chi connectivity index (χ2v) is 4.44. The molecule has 0 aromatic rings. The molecule has 1 N–H and O–H groups in total. The van der Waals surface area contributed by atoms with Crippen LogP contribution >= 0.6 is 0 Å². The highest BCUT2D eigenvalue weighted by molar-refractivity contribution is 4.80. The van der Waals surface area contributed by atoms with Gasteiger partial charge in [-0.3, -0.25) is 4.90 Å². The molecule has 0 aromatic heterocycles. The molecule has 1 atom stereocenters. The number of piperazine rings is 1. The topological polar surface area (TPSA) is 30.0 Å². The first kappa shape index (κ1) is 11.9. The van der Waals surface area contributed by atoms with Gasteiger partial charge in [-0.05, 0) is 21.1 Å². The molecule has 0 bridgehead atoms. The van der Waals surface area contributed by atoms with E-state index in [-0.39, 0.29) is 6.61 Å². The van der Waals surface area contributed by atoms with Crippen molar-refractivity contribution in [3.8, 4) is 0 Å². The van der Waals surface area contributed by atoms with Crippen molar-refractivity contribution in [1.29, 1.82) is 0 Å². The predicted octanol–water partition coefficient (Wildman–Crippen LogP) is -0.844. The van der Waals surface area contributed by atoms with E-state index in [4.69, 9.17) is 0 Å². The average Bonchev–Trinajstić information content (AvgIpc) is 2.15. The molecule has 1 aliphatic heterocycles. The zero-order valence-electron chi connectivity index (χ0n) is 9.61. The van der Waals surface area contributed by atoms with Crippen LogP contribution in [0.2, 0.25) is 0 Å². The molecule has 4 nitrogen and oxygen atoms in total. The second kappa shape index (κ2) is 5.66. The third kappa shape index (κ3) is 3.53. The molecule has 0 aliphatic carbocycles. The molecule has 0 radical (unpaired) electrons. The van der Waals surface area contributed by atoms with Crippen LogP contribution in [0.15, 0.2) is 0 Å². The van der Waals surface area contributed by atoms with E-state index < -0.39 is 0 Å². The van der Waals surface area contributed by atoms with Crippen LogP contribution in [-0.2, 0) is 0 Å². The van der Waals surface area contributed by atoms with Gasteiger partial charge in [-0.15, -0.1) is 0 Å². The van der Waals surface area contributed by atoms with E-state index in [0.717, 1.165) is 32.7 Å². The monoisotopic (exact) mass is 201 g/mol. The van der Waals surface area contributed by atoms with Crippen molar-refractivity contribution in [3.05, 3.63) is 0 Å². The van der Waals surface area contributed by atoms with E-state index in [1.165, 1.54) is 0 Å². The van der Waals surface area contributed by atoms with Gasteiger partial charge < -0.3 is 14.9 Å². The van der Waals surface area contributed by atoms with Gasteiger partial charge in [0.05, 0.1) is 6.61 Å². The zero-order chi connectivity index (χ0) is 10.6. The highest BCUT2D eigenvalue weighted by Gasteiger charge is 2.23. The third-order valence-electron chi connectivity index (χ3n) is 2.85. The summed E-state index contributed by atoms with van der Waals surface area (Å²) in [5.74, 6) is 0. The number of hydrogen-bond donors (Lipinski definition) is 1. The summed E-state index contributed by atoms with van der Waals surface area (Å²) in [6.07, 6.45) is 0. The molecular weight excluding hydrogens is 178 g/mol. The van der Waals surface area contributed by atoms with E-state index in [1.54, 1.807) is 0 Å². The molecular formula is C10H23N3O. The molecule has 4 heteroatoms. The number of rotatable bonds is 4. The molecule has 0 spiro atoms. The summed E-state index contributed by atoms with van der Waals surface area (Å²) in [6.45, 7) is 5.59. The van der Waals surface area contributed by atoms with Crippen LogP contribution in [0, 0.1) is 0 Å². The highest BCUT2D eigenvalue weighted by atomic mass is 16.3. The van der Waals surface area contributed by atoms with E-state index in [9.17, 15) is 5.11 Å². The van der Waals surface area contributed by atoms with Crippen LogP contribution in [0.25, 0.3) is 0 Å². The van der Waals surface area contributed by atoms with Gasteiger partial charge in [-0.2, -0.15) is 0 Å². The Morgan fingerprint density at radius 2 is 2.07 bits per heavy atom. The van der Waals surface area contributed by atoms with Crippen LogP contribution < -0.4 is 0 Å². The lowest BCUT2D eigenvalue weighted by molar-refractivity contribution is 0.0472. The van der Waals surface area contributed by atoms with E-state index >= 15 is 0 Å². The minimum Gasteiger partial charge on any atom is -0.395 e. The van der Waals surface area contributed by atoms with Gasteiger partial charge in [0.15, 0.2) is 0 Å². The van der Waals surface area contributed by atoms with Gasteiger partial charge in [-0.25, -0.2) is 0 Å². The van der Waals surface area contributed by atoms with Crippen molar-refractivity contribution in [1.82, 2.24) is 14.7 Å². The molecule has 0 saturated carbocycles. The smallest absolute Gasteiger partial charge is 0.0599 e. The van der Waals surface area contributed by atoms with Gasteiger partial charge in [0.1, 0.15) is 0 Å². The number of likely N-dealkylation sites (N-methyl/N-ethyl adjacent to an activating group) is 2. The quantitative estimate of drug-likeness (QED) is 0.642. The van der Waals surface area contributed by atoms with E-state index in [2.05, 4.69) is 35.8 Å². The Balaban J connectivity index is 2.34. The molecule has 14 heavy (non-hydrogen) atoms. The molecule has 84 valence electrons. The molecule has 1 rings (SSSR count). The van der Waals surface area contributed by atoms with Crippen molar-refractivity contribution in [2.45, 2.75) is 6.04 Å². The van der Waals surface area contributed by atoms with Crippen molar-refractivity contribution in [3.63, 3.8) is 0 Å². The Morgan fingerprint density at radius 1 is 1.36 bits per heavy atom. The fourth-order valence-electron chi connectivity index (χ4n) is 1.84. The van der Waals surface area contributed by atoms with E-state index in [1.807, 2.05) is 0 Å². The molecule has 0 amide bonds. The van der Waals surface area contributed by atoms with Crippen molar-refractivity contribution in [2.75, 3.05) is 60.5 Å². The van der Waals surface area contributed by atoms with Crippen LogP contribution in [0.5, 0.6) is 0 Å². The number of hydrogen-bond acceptors (Lipinski definition) is 4. The first-order valence-corrected chi connectivity index (χ1v) is 5.31. The van der Waals surface area contributed by atoms with Crippen molar-refractivity contribution >= 4 is 0 Å². The Labute approximate surface area is 87.1 Å². The maximum Gasteiger partial charge on any atom is 0.0599 e. The third-order valence-corrected chi connectivity index (χ3v) is 2.85. The minimum atomic E-state index is 0.276. The average molecular weight is 201 g/mol. The summed E-state index contributed by atoms with van der Waals surface area (Å²) in [7, 11) is 6.29. The fraction of sp³-hybridized carbons (Fsp3) is 1.00. The standard InChI is InChI=1S/C10H23N3O/c1-11(2)4-6-13-7-5-12(3)8-10(13)9-14/h10,14H,4-9H2,1-3H3. The van der Waals surface area contributed by atoms with Gasteiger partial charge in [-0.1, -0.05) is 0 Å². The maximum atomic E-state index is 9.26. The highest BCUT2D eigenvalue weighted by Crippen LogP contribution is 2.07.